The number of hydrogen-bond acceptors (Lipinski definition) is 9. The van der Waals surface area contributed by atoms with Gasteiger partial charge in [-0.3, -0.25) is 33.8 Å². The van der Waals surface area contributed by atoms with Crippen LogP contribution in [-0.2, 0) is 46.7 Å². The maximum Gasteiger partial charge on any atom is 0.311 e. The Balaban J connectivity index is 0.000000352. The molecule has 4 rings (SSSR count). The number of hydrogen-bond donors (Lipinski definition) is 3. The predicted molar refractivity (Wildman–Crippen MR) is 160 cm³/mol. The average molecular weight is 687 g/mol. The fourth-order valence-corrected chi connectivity index (χ4v) is 5.11. The Labute approximate surface area is 273 Å². The summed E-state index contributed by atoms with van der Waals surface area (Å²) in [5.74, 6) is -8.35. The van der Waals surface area contributed by atoms with E-state index >= 15 is 0 Å². The molecule has 48 heavy (non-hydrogen) atoms. The molecule has 0 unspecified atom stereocenters. The second kappa shape index (κ2) is 19.9. The third kappa shape index (κ3) is 14.0. The van der Waals surface area contributed by atoms with Gasteiger partial charge in [-0.15, -0.1) is 0 Å². The first-order valence-electron chi connectivity index (χ1n) is 14.7. The number of carbonyl (C=O) groups excluding carboxylic acids is 2. The van der Waals surface area contributed by atoms with Crippen LogP contribution in [-0.4, -0.2) is 107 Å². The monoisotopic (exact) mass is 686 g/mol. The van der Waals surface area contributed by atoms with Gasteiger partial charge >= 0.3 is 23.9 Å². The van der Waals surface area contributed by atoms with Crippen molar-refractivity contribution in [2.24, 2.45) is 23.7 Å². The van der Waals surface area contributed by atoms with Crippen LogP contribution in [0.2, 0.25) is 0 Å². The molecule has 2 heterocycles. The zero-order chi connectivity index (χ0) is 35.8. The Morgan fingerprint density at radius 1 is 0.625 bits per heavy atom. The molecule has 2 saturated heterocycles. The summed E-state index contributed by atoms with van der Waals surface area (Å²) in [5.41, 5.74) is 1.62. The molecule has 16 heteroatoms. The summed E-state index contributed by atoms with van der Waals surface area (Å²) >= 11 is 0. The minimum atomic E-state index is -2.58. The van der Waals surface area contributed by atoms with E-state index in [-0.39, 0.29) is 39.4 Å². The van der Waals surface area contributed by atoms with Crippen molar-refractivity contribution in [2.45, 2.75) is 33.0 Å². The van der Waals surface area contributed by atoms with Gasteiger partial charge in [0.25, 0.3) is 18.8 Å². The molecule has 0 saturated carbocycles. The molecule has 2 aromatic carbocycles. The molecule has 2 aliphatic heterocycles. The normalized spacial score (nSPS) is 20.6. The summed E-state index contributed by atoms with van der Waals surface area (Å²) in [5, 5.41) is 24.8. The fourth-order valence-electron chi connectivity index (χ4n) is 5.11. The van der Waals surface area contributed by atoms with E-state index in [0.29, 0.717) is 0 Å². The number of carboxylic acid groups (broad SMARTS) is 3. The zero-order valence-electron chi connectivity index (χ0n) is 26.0. The molecule has 4 atom stereocenters. The van der Waals surface area contributed by atoms with Gasteiger partial charge in [0.05, 0.1) is 36.8 Å². The number of benzene rings is 2. The summed E-state index contributed by atoms with van der Waals surface area (Å²) < 4.78 is 60.3. The van der Waals surface area contributed by atoms with E-state index in [0.717, 1.165) is 18.1 Å². The molecule has 2 aromatic rings. The number of ether oxygens (including phenoxy) is 2. The summed E-state index contributed by atoms with van der Waals surface area (Å²) in [4.78, 5) is 58.1. The van der Waals surface area contributed by atoms with Gasteiger partial charge in [0.1, 0.15) is 13.2 Å². The largest absolute Gasteiger partial charge is 0.481 e. The number of aliphatic carboxylic acids is 3. The molecule has 0 spiro atoms. The lowest BCUT2D eigenvalue weighted by Crippen LogP contribution is -2.31. The van der Waals surface area contributed by atoms with Crippen molar-refractivity contribution in [1.82, 2.24) is 9.80 Å². The first-order chi connectivity index (χ1) is 22.7. The van der Waals surface area contributed by atoms with Crippen LogP contribution >= 0.6 is 0 Å². The van der Waals surface area contributed by atoms with E-state index in [2.05, 4.69) is 0 Å². The van der Waals surface area contributed by atoms with E-state index in [4.69, 9.17) is 29.6 Å². The maximum absolute atomic E-state index is 12.8. The van der Waals surface area contributed by atoms with Crippen molar-refractivity contribution in [3.05, 3.63) is 71.8 Å². The van der Waals surface area contributed by atoms with Crippen molar-refractivity contribution < 1.29 is 66.3 Å². The Morgan fingerprint density at radius 2 is 0.917 bits per heavy atom. The van der Waals surface area contributed by atoms with Crippen molar-refractivity contribution in [3.8, 4) is 0 Å². The Morgan fingerprint density at radius 3 is 1.19 bits per heavy atom. The highest BCUT2D eigenvalue weighted by atomic mass is 19.3. The number of alkyl halides is 4. The smallest absolute Gasteiger partial charge is 0.311 e. The highest BCUT2D eigenvalue weighted by Gasteiger charge is 2.44. The van der Waals surface area contributed by atoms with Crippen LogP contribution in [0.25, 0.3) is 0 Å². The second-order valence-electron chi connectivity index (χ2n) is 11.0. The fraction of sp³-hybridized carbons (Fsp3) is 0.469. The SMILES string of the molecule is CC(=O)O.O=C(O)[C@H]1CN(CC(F)F)C[C@@H]1C(=O)O.O=C(OCc1ccccc1)[C@H]1CN(CC(F)F)C[C@@H]1C(=O)OCc1ccccc1. The van der Waals surface area contributed by atoms with Gasteiger partial charge in [-0.1, -0.05) is 60.7 Å². The molecule has 0 amide bonds. The van der Waals surface area contributed by atoms with Crippen molar-refractivity contribution in [3.63, 3.8) is 0 Å². The maximum atomic E-state index is 12.8. The summed E-state index contributed by atoms with van der Waals surface area (Å²) in [6.07, 6.45) is -5.12. The van der Waals surface area contributed by atoms with Gasteiger partial charge in [-0.05, 0) is 11.1 Å². The van der Waals surface area contributed by atoms with E-state index in [1.54, 1.807) is 0 Å². The number of likely N-dealkylation sites (tertiary alicyclic amines) is 2. The van der Waals surface area contributed by atoms with Gasteiger partial charge in [0.15, 0.2) is 0 Å². The quantitative estimate of drug-likeness (QED) is 0.220. The van der Waals surface area contributed by atoms with Crippen molar-refractivity contribution in [1.29, 1.82) is 0 Å². The van der Waals surface area contributed by atoms with Crippen LogP contribution < -0.4 is 0 Å². The zero-order valence-corrected chi connectivity index (χ0v) is 26.0. The summed E-state index contributed by atoms with van der Waals surface area (Å²) in [7, 11) is 0. The molecule has 12 nitrogen and oxygen atoms in total. The van der Waals surface area contributed by atoms with Crippen LogP contribution in [0, 0.1) is 23.7 Å². The average Bonchev–Trinajstić information content (AvgIpc) is 3.64. The van der Waals surface area contributed by atoms with Gasteiger partial charge in [0.2, 0.25) is 0 Å². The Hall–Kier alpha value is -4.57. The molecule has 3 N–H and O–H groups in total. The summed E-state index contributed by atoms with van der Waals surface area (Å²) in [6, 6.07) is 18.3. The first-order valence-corrected chi connectivity index (χ1v) is 14.7. The van der Waals surface area contributed by atoms with Crippen LogP contribution in [0.1, 0.15) is 18.1 Å². The third-order valence-electron chi connectivity index (χ3n) is 7.27. The first kappa shape index (κ1) is 39.6. The number of carboxylic acids is 3. The molecule has 2 aliphatic rings. The lowest BCUT2D eigenvalue weighted by Gasteiger charge is -2.16. The van der Waals surface area contributed by atoms with Crippen LogP contribution in [0.15, 0.2) is 60.7 Å². The van der Waals surface area contributed by atoms with Crippen LogP contribution in [0.3, 0.4) is 0 Å². The topological polar surface area (TPSA) is 171 Å². The highest BCUT2D eigenvalue weighted by molar-refractivity contribution is 5.83. The minimum Gasteiger partial charge on any atom is -0.481 e. The van der Waals surface area contributed by atoms with E-state index in [1.165, 1.54) is 9.80 Å². The molecule has 0 aliphatic carbocycles. The number of rotatable bonds is 12. The molecule has 264 valence electrons. The standard InChI is InChI=1S/C22H23F2NO4.C8H11F2NO4.C2H4O2/c23-20(24)13-25-11-18(21(26)28-14-16-7-3-1-4-8-16)19(12-25)22(27)29-15-17-9-5-2-6-10-17;9-6(10)3-11-1-4(7(12)13)5(2-11)8(14)15;1-2(3)4/h1-10,18-20H,11-15H2;4-6H,1-3H2,(H,12,13)(H,14,15);1H3,(H,3,4)/t18-,19-;4-,5-;/m00./s1. The van der Waals surface area contributed by atoms with Gasteiger partial charge in [-0.2, -0.15) is 0 Å². The van der Waals surface area contributed by atoms with Crippen LogP contribution in [0.5, 0.6) is 0 Å². The summed E-state index contributed by atoms with van der Waals surface area (Å²) in [6.45, 7) is -0.0223. The highest BCUT2D eigenvalue weighted by Crippen LogP contribution is 2.28. The molecule has 0 aromatic heterocycles. The number of carbonyl (C=O) groups is 5. The lowest BCUT2D eigenvalue weighted by molar-refractivity contribution is -0.160. The molecule has 0 radical (unpaired) electrons. The number of halogens is 4. The van der Waals surface area contributed by atoms with Crippen molar-refractivity contribution >= 4 is 29.8 Å². The lowest BCUT2D eigenvalue weighted by atomic mass is 9.96. The third-order valence-corrected chi connectivity index (χ3v) is 7.27. The van der Waals surface area contributed by atoms with E-state index < -0.39 is 79.5 Å². The Kier molecular flexibility index (Phi) is 16.5. The minimum absolute atomic E-state index is 0.0447. The van der Waals surface area contributed by atoms with Crippen molar-refractivity contribution in [2.75, 3.05) is 39.3 Å². The second-order valence-corrected chi connectivity index (χ2v) is 11.0. The molecular formula is C32H38F4N2O10. The molecule has 0 bridgehead atoms. The van der Waals surface area contributed by atoms with Gasteiger partial charge in [-0.25, -0.2) is 17.6 Å². The molecular weight excluding hydrogens is 648 g/mol. The Bertz CT molecular complexity index is 1250. The number of nitrogens with zero attached hydrogens (tertiary/aromatic N) is 2. The van der Waals surface area contributed by atoms with Gasteiger partial charge < -0.3 is 24.8 Å². The molecule has 2 fully saturated rings. The van der Waals surface area contributed by atoms with E-state index in [9.17, 15) is 36.7 Å². The number of esters is 2. The predicted octanol–water partition coefficient (Wildman–Crippen LogP) is 3.35. The van der Waals surface area contributed by atoms with Crippen LogP contribution in [0.4, 0.5) is 17.6 Å². The van der Waals surface area contributed by atoms with Gasteiger partial charge in [0, 0.05) is 33.1 Å². The van der Waals surface area contributed by atoms with E-state index in [1.807, 2.05) is 60.7 Å².